The van der Waals surface area contributed by atoms with E-state index >= 15 is 0 Å². The van der Waals surface area contributed by atoms with Crippen LogP contribution in [0.4, 0.5) is 20.6 Å². The predicted octanol–water partition coefficient (Wildman–Crippen LogP) is 9.78. The molecule has 0 unspecified atom stereocenters. The highest BCUT2D eigenvalue weighted by atomic mass is 19.1. The first kappa shape index (κ1) is 51.5. The van der Waals surface area contributed by atoms with Crippen molar-refractivity contribution >= 4 is 17.5 Å². The summed E-state index contributed by atoms with van der Waals surface area (Å²) in [4.78, 5) is 15.7. The Bertz CT molecular complexity index is 3600. The zero-order valence-corrected chi connectivity index (χ0v) is 35.1. The number of hydrogen-bond acceptors (Lipinski definition) is 4. The molecule has 1 amide bonds. The number of piperazine rings is 1. The van der Waals surface area contributed by atoms with Gasteiger partial charge < -0.3 is 20.3 Å². The van der Waals surface area contributed by atoms with E-state index in [2.05, 4.69) is 259 Å². The van der Waals surface area contributed by atoms with E-state index < -0.39 is 5.60 Å². The van der Waals surface area contributed by atoms with Crippen LogP contribution in [0, 0.1) is 5.82 Å². The Morgan fingerprint density at radius 3 is 0.938 bits per heavy atom. The molecule has 0 saturated carbocycles. The molecular formula is C59H26FN3O2. The number of nitrogens with two attached hydrogens (primary N) is 1. The van der Waals surface area contributed by atoms with Gasteiger partial charge in [-0.3, -0.25) is 0 Å². The number of carbonyl (C=O) groups excluding carboxylic acids is 1. The highest BCUT2D eigenvalue weighted by Crippen LogP contribution is 2.25. The number of nitrogens with zero attached hydrogens (tertiary/aromatic N) is 2. The number of anilines is 2. The monoisotopic (exact) mass is 827 g/mol. The second-order valence-electron chi connectivity index (χ2n) is 11.5. The van der Waals surface area contributed by atoms with Crippen LogP contribution in [0.3, 0.4) is 0 Å². The highest BCUT2D eigenvalue weighted by Gasteiger charge is 2.26. The highest BCUT2D eigenvalue weighted by molar-refractivity contribution is 5.70. The summed E-state index contributed by atoms with van der Waals surface area (Å²) in [5, 5.41) is 0. The van der Waals surface area contributed by atoms with Gasteiger partial charge in [-0.25, -0.2) is 9.18 Å². The van der Waals surface area contributed by atoms with E-state index in [9.17, 15) is 9.18 Å². The van der Waals surface area contributed by atoms with Crippen LogP contribution in [0.1, 0.15) is 20.8 Å². The van der Waals surface area contributed by atoms with Gasteiger partial charge in [0.15, 0.2) is 0 Å². The molecule has 1 aromatic carbocycles. The Hall–Kier alpha value is -11.5. The van der Waals surface area contributed by atoms with Crippen molar-refractivity contribution in [1.29, 1.82) is 0 Å². The van der Waals surface area contributed by atoms with Crippen LogP contribution < -0.4 is 10.6 Å². The summed E-state index contributed by atoms with van der Waals surface area (Å²) in [5.41, 5.74) is 111. The number of carbonyl (C=O) groups is 1. The Labute approximate surface area is 375 Å². The van der Waals surface area contributed by atoms with Crippen molar-refractivity contribution in [3.8, 4) is 0 Å². The van der Waals surface area contributed by atoms with Crippen molar-refractivity contribution in [1.82, 2.24) is 4.90 Å². The fraction of sp³-hybridized carbons (Fsp3) is 0.136. The van der Waals surface area contributed by atoms with Gasteiger partial charge in [-0.1, -0.05) is 11.5 Å². The van der Waals surface area contributed by atoms with Crippen molar-refractivity contribution < 1.29 is 13.9 Å². The van der Waals surface area contributed by atoms with Crippen LogP contribution in [0.25, 0.3) is 0 Å². The van der Waals surface area contributed by atoms with Crippen LogP contribution in [-0.2, 0) is 4.74 Å². The molecule has 296 valence electrons. The van der Waals surface area contributed by atoms with Gasteiger partial charge in [0.2, 0.25) is 0 Å². The molecule has 1 saturated heterocycles. The van der Waals surface area contributed by atoms with Gasteiger partial charge in [0.25, 0.3) is 0 Å². The maximum Gasteiger partial charge on any atom is 0.410 e. The topological polar surface area (TPSA) is 58.8 Å². The fourth-order valence-electron chi connectivity index (χ4n) is 3.55. The fourth-order valence-corrected chi connectivity index (χ4v) is 3.55. The maximum absolute atomic E-state index is 13.1. The minimum absolute atomic E-state index is 0.297. The number of nitrogen functional groups attached to an aromatic ring is 1. The van der Waals surface area contributed by atoms with Gasteiger partial charge in [-0.05, 0) is 144 Å². The smallest absolute Gasteiger partial charge is 0.410 e. The molecule has 1 fully saturated rings. The number of ether oxygens (including phenoxy) is 1. The van der Waals surface area contributed by atoms with E-state index in [0.29, 0.717) is 31.9 Å². The third-order valence-corrected chi connectivity index (χ3v) is 5.88. The number of hydrogen-bond donors (Lipinski definition) is 1. The zero-order valence-electron chi connectivity index (χ0n) is 35.1. The Balaban J connectivity index is 0.000000828. The lowest BCUT2D eigenvalue weighted by atomic mass is 10.2. The summed E-state index contributed by atoms with van der Waals surface area (Å²) in [6.07, 6.45) is -0.297. The molecule has 65 heavy (non-hydrogen) atoms. The number of benzene rings is 1. The third kappa shape index (κ3) is 31.2. The Morgan fingerprint density at radius 1 is 0.477 bits per heavy atom. The van der Waals surface area contributed by atoms with Gasteiger partial charge >= 0.3 is 6.09 Å². The molecule has 1 aliphatic rings. The van der Waals surface area contributed by atoms with Gasteiger partial charge in [-0.2, -0.15) is 0 Å². The van der Waals surface area contributed by atoms with Crippen LogP contribution in [0.2, 0.25) is 0 Å². The molecule has 0 atom stereocenters. The van der Waals surface area contributed by atoms with Crippen LogP contribution in [0.5, 0.6) is 0 Å². The second kappa shape index (κ2) is 35.7. The molecule has 2 N–H and O–H groups in total. The van der Waals surface area contributed by atoms with Crippen molar-refractivity contribution in [2.45, 2.75) is 26.4 Å². The maximum atomic E-state index is 13.1. The lowest BCUT2D eigenvalue weighted by molar-refractivity contribution is 0.0240. The zero-order chi connectivity index (χ0) is 47.3. The molecule has 0 aromatic heterocycles. The van der Waals surface area contributed by atoms with E-state index in [0.717, 1.165) is 5.69 Å². The molecule has 5 nitrogen and oxygen atoms in total. The molecule has 0 bridgehead atoms. The summed E-state index contributed by atoms with van der Waals surface area (Å²) >= 11 is 0. The summed E-state index contributed by atoms with van der Waals surface area (Å²) in [5.74, 6) is -0.344. The van der Waals surface area contributed by atoms with Crippen molar-refractivity contribution in [2.75, 3.05) is 36.8 Å². The quantitative estimate of drug-likeness (QED) is 0.227. The molecule has 6 heteroatoms. The van der Waals surface area contributed by atoms with Crippen molar-refractivity contribution in [3.63, 3.8) is 0 Å². The van der Waals surface area contributed by atoms with Crippen LogP contribution >= 0.6 is 0 Å². The van der Waals surface area contributed by atoms with E-state index in [1.807, 2.05) is 20.8 Å². The Kier molecular flexibility index (Phi) is 28.3. The molecule has 0 spiro atoms. The number of amides is 1. The molecule has 0 radical (unpaired) electrons. The summed E-state index contributed by atoms with van der Waals surface area (Å²) < 4.78 is 18.4. The lowest BCUT2D eigenvalue weighted by Gasteiger charge is -2.37. The lowest BCUT2D eigenvalue weighted by Crippen LogP contribution is -2.50. The van der Waals surface area contributed by atoms with Gasteiger partial charge in [0, 0.05) is 164 Å². The predicted molar refractivity (Wildman–Crippen MR) is 240 cm³/mol. The number of rotatable bonds is 1. The van der Waals surface area contributed by atoms with E-state index in [1.54, 1.807) is 11.0 Å². The molecule has 0 aliphatic carbocycles. The van der Waals surface area contributed by atoms with E-state index in [1.165, 1.54) is 12.1 Å². The molecular weight excluding hydrogens is 802 g/mol. The first-order chi connectivity index (χ1) is 31.7. The largest absolute Gasteiger partial charge is 0.444 e. The van der Waals surface area contributed by atoms with E-state index in [-0.39, 0.29) is 11.9 Å². The first-order valence-electron chi connectivity index (χ1n) is 18.0. The average molecular weight is 828 g/mol. The van der Waals surface area contributed by atoms with Gasteiger partial charge in [-0.15, -0.1) is 0 Å². The van der Waals surface area contributed by atoms with Crippen molar-refractivity contribution in [3.05, 3.63) is 278 Å². The first-order valence-corrected chi connectivity index (χ1v) is 18.0. The minimum Gasteiger partial charge on any atom is -0.444 e. The normalized spacial score (nSPS) is 7.82. The summed E-state index contributed by atoms with van der Waals surface area (Å²) in [6.45, 7) is 14.6. The second-order valence-corrected chi connectivity index (χ2v) is 11.5. The average Bonchev–Trinajstić information content (AvgIpc) is 3.28. The molecule has 1 aliphatic heterocycles. The summed E-state index contributed by atoms with van der Waals surface area (Å²) in [7, 11) is 0. The SMILES string of the molecule is C=C=C=C=C=C=C=C=C=C=C=C=C=C=C=C=C=C=C=C=C=C=C=C=C=C=C=C=C=C=C=C=C=C=C=C=C=C=C=C=C=C=C=C.CC(C)(C)OC(=O)N1CCN(c2ccc(F)cc2N)CC1. The molecule has 1 aromatic rings. The summed E-state index contributed by atoms with van der Waals surface area (Å²) in [6, 6.07) is 4.38. The molecule has 2 rings (SSSR count). The Morgan fingerprint density at radius 2 is 0.723 bits per heavy atom. The standard InChI is InChI=1S/C44H4.C15H22FN3O2/c1-3-5-7-9-11-13-15-17-19-21-23-25-27-29-31-33-35-37-39-41-43-44-42-40-38-36-34-32-30-28-26-24-22-20-18-16-14-12-10-8-6-4-2;1-15(2,3)21-14(20)19-8-6-18(7-9-19)13-5-4-11(16)10-12(13)17/h1-2H2;4-5,10H,6-9,17H2,1-3H3. The van der Waals surface area contributed by atoms with Crippen LogP contribution in [-0.4, -0.2) is 42.8 Å². The van der Waals surface area contributed by atoms with Gasteiger partial charge in [0.1, 0.15) is 11.4 Å². The van der Waals surface area contributed by atoms with Crippen LogP contribution in [0.15, 0.2) is 272 Å². The molecule has 1 heterocycles. The van der Waals surface area contributed by atoms with E-state index in [4.69, 9.17) is 10.5 Å². The van der Waals surface area contributed by atoms with Gasteiger partial charge in [0.05, 0.1) is 11.4 Å². The minimum atomic E-state index is -0.490. The number of halogens is 1. The third-order valence-electron chi connectivity index (χ3n) is 5.88. The van der Waals surface area contributed by atoms with Crippen molar-refractivity contribution in [2.24, 2.45) is 0 Å².